The molecule has 355 valence electrons. The Morgan fingerprint density at radius 2 is 0.630 bits per heavy atom. The van der Waals surface area contributed by atoms with E-state index in [0.717, 1.165) is 28.1 Å². The molecule has 0 saturated heterocycles. The number of pyridine rings is 2. The van der Waals surface area contributed by atoms with Crippen molar-refractivity contribution < 1.29 is 20.1 Å². The third-order valence-corrected chi connectivity index (χ3v) is 14.0. The maximum Gasteiger partial charge on any atom is 0.0160 e. The van der Waals surface area contributed by atoms with Gasteiger partial charge >= 0.3 is 0 Å². The maximum atomic E-state index is 4.50. The molecule has 2 unspecified atom stereocenters. The molecular formula is C70H54IrN2-2. The fourth-order valence-corrected chi connectivity index (χ4v) is 10.3. The molecule has 2 nitrogen and oxygen atoms in total. The molecule has 0 spiro atoms. The van der Waals surface area contributed by atoms with Crippen LogP contribution in [0.3, 0.4) is 0 Å². The second-order valence-electron chi connectivity index (χ2n) is 18.6. The van der Waals surface area contributed by atoms with E-state index in [4.69, 9.17) is 0 Å². The van der Waals surface area contributed by atoms with Crippen LogP contribution in [0.4, 0.5) is 0 Å². The summed E-state index contributed by atoms with van der Waals surface area (Å²) in [5, 5.41) is 0. The molecule has 0 amide bonds. The molecule has 1 saturated carbocycles. The van der Waals surface area contributed by atoms with E-state index in [1.807, 2.05) is 60.9 Å². The monoisotopic (exact) mass is 1120 g/mol. The number of hydrogen-bond donors (Lipinski definition) is 0. The van der Waals surface area contributed by atoms with Crippen LogP contribution in [0.25, 0.3) is 89.3 Å². The van der Waals surface area contributed by atoms with Crippen molar-refractivity contribution in [3.05, 3.63) is 290 Å². The van der Waals surface area contributed by atoms with E-state index in [2.05, 4.69) is 228 Å². The molecule has 73 heavy (non-hydrogen) atoms. The van der Waals surface area contributed by atoms with Crippen molar-refractivity contribution in [3.8, 4) is 89.3 Å². The van der Waals surface area contributed by atoms with Crippen molar-refractivity contribution in [2.75, 3.05) is 0 Å². The Balaban J connectivity index is 0.000000165. The van der Waals surface area contributed by atoms with Gasteiger partial charge in [0.2, 0.25) is 0 Å². The third-order valence-electron chi connectivity index (χ3n) is 14.0. The molecule has 0 N–H and O–H groups in total. The molecule has 2 atom stereocenters. The average molecular weight is 1120 g/mol. The zero-order chi connectivity index (χ0) is 48.3. The van der Waals surface area contributed by atoms with Crippen molar-refractivity contribution in [2.45, 2.75) is 37.5 Å². The van der Waals surface area contributed by atoms with Crippen molar-refractivity contribution in [1.29, 1.82) is 0 Å². The van der Waals surface area contributed by atoms with E-state index >= 15 is 0 Å². The normalized spacial score (nSPS) is 14.0. The summed E-state index contributed by atoms with van der Waals surface area (Å²) in [6, 6.07) is 97.2. The Morgan fingerprint density at radius 3 is 1.10 bits per heavy atom. The van der Waals surface area contributed by atoms with E-state index in [9.17, 15) is 0 Å². The standard InChI is InChI=1S/C35H24N.C35H30N.Ir/c1-2-9-26(10-3-1)29-11-6-14-32(23-29)33-15-7-12-30(24-33)27-18-20-28(21-19-27)31-13-8-16-34(25-31)35-17-4-5-22-36-35;1-2-11-26(12-3-1)33-19-4-5-20-34(33)31-17-9-15-29(24-31)27-13-8-14-28(23-27)30-16-10-18-32(25-30)35-21-6-7-22-36-35;/h1-15,17-25H;1-3,6-17,21-25,33-34H,4-5,19-20H2;/q2*-1;. The van der Waals surface area contributed by atoms with Gasteiger partial charge in [0.25, 0.3) is 0 Å². The predicted octanol–water partition coefficient (Wildman–Crippen LogP) is 18.5. The molecule has 2 heterocycles. The van der Waals surface area contributed by atoms with Crippen LogP contribution < -0.4 is 0 Å². The third kappa shape index (κ3) is 11.7. The van der Waals surface area contributed by atoms with Crippen LogP contribution in [0.5, 0.6) is 0 Å². The van der Waals surface area contributed by atoms with Gasteiger partial charge in [0.1, 0.15) is 0 Å². The predicted molar refractivity (Wildman–Crippen MR) is 300 cm³/mol. The first kappa shape index (κ1) is 48.6. The first-order valence-corrected chi connectivity index (χ1v) is 25.2. The summed E-state index contributed by atoms with van der Waals surface area (Å²) in [4.78, 5) is 8.96. The maximum absolute atomic E-state index is 4.50. The molecule has 0 bridgehead atoms. The van der Waals surface area contributed by atoms with Crippen LogP contribution in [0, 0.1) is 12.1 Å². The van der Waals surface area contributed by atoms with E-state index < -0.39 is 0 Å². The number of rotatable bonds is 10. The van der Waals surface area contributed by atoms with Gasteiger partial charge < -0.3 is 9.97 Å². The van der Waals surface area contributed by atoms with Crippen LogP contribution in [0.2, 0.25) is 0 Å². The fourth-order valence-electron chi connectivity index (χ4n) is 10.3. The average Bonchev–Trinajstić information content (AvgIpc) is 3.48. The van der Waals surface area contributed by atoms with Gasteiger partial charge in [-0.25, -0.2) is 0 Å². The molecule has 9 aromatic carbocycles. The molecule has 2 aromatic heterocycles. The van der Waals surface area contributed by atoms with Gasteiger partial charge in [-0.2, -0.15) is 0 Å². The van der Waals surface area contributed by atoms with Gasteiger partial charge in [-0.1, -0.05) is 201 Å². The van der Waals surface area contributed by atoms with Gasteiger partial charge in [-0.3, -0.25) is 0 Å². The molecule has 12 rings (SSSR count). The summed E-state index contributed by atoms with van der Waals surface area (Å²) in [7, 11) is 0. The molecule has 1 aliphatic carbocycles. The molecule has 1 radical (unpaired) electrons. The van der Waals surface area contributed by atoms with Crippen molar-refractivity contribution in [1.82, 2.24) is 9.97 Å². The van der Waals surface area contributed by atoms with E-state index in [1.165, 1.54) is 98.0 Å². The van der Waals surface area contributed by atoms with Gasteiger partial charge in [-0.15, -0.1) is 70.8 Å². The smallest absolute Gasteiger partial charge is 0.0160 e. The van der Waals surface area contributed by atoms with Gasteiger partial charge in [-0.05, 0) is 133 Å². The molecular weight excluding hydrogens is 1060 g/mol. The topological polar surface area (TPSA) is 25.8 Å². The number of aromatic nitrogens is 2. The molecule has 1 aliphatic rings. The van der Waals surface area contributed by atoms with Crippen LogP contribution in [-0.2, 0) is 20.1 Å². The fraction of sp³-hybridized carbons (Fsp3) is 0.0857. The largest absolute Gasteiger partial charge is 0.305 e. The van der Waals surface area contributed by atoms with Crippen molar-refractivity contribution in [2.24, 2.45) is 0 Å². The van der Waals surface area contributed by atoms with Crippen LogP contribution >= 0.6 is 0 Å². The quantitative estimate of drug-likeness (QED) is 0.128. The zero-order valence-electron chi connectivity index (χ0n) is 40.6. The number of hydrogen-bond acceptors (Lipinski definition) is 2. The van der Waals surface area contributed by atoms with E-state index in [-0.39, 0.29) is 20.1 Å². The van der Waals surface area contributed by atoms with Crippen LogP contribution in [-0.4, -0.2) is 9.97 Å². The second kappa shape index (κ2) is 23.4. The summed E-state index contributed by atoms with van der Waals surface area (Å²) in [6.07, 6.45) is 8.83. The van der Waals surface area contributed by atoms with Crippen LogP contribution in [0.15, 0.2) is 267 Å². The zero-order valence-corrected chi connectivity index (χ0v) is 43.0. The van der Waals surface area contributed by atoms with E-state index in [0.29, 0.717) is 11.8 Å². The minimum absolute atomic E-state index is 0. The Kier molecular flexibility index (Phi) is 15.6. The Labute approximate surface area is 444 Å². The Bertz CT molecular complexity index is 3520. The van der Waals surface area contributed by atoms with Crippen LogP contribution in [0.1, 0.15) is 48.6 Å². The number of benzene rings is 9. The molecule has 3 heteroatoms. The molecule has 0 aliphatic heterocycles. The first-order chi connectivity index (χ1) is 35.7. The Hall–Kier alpha value is -8.07. The van der Waals surface area contributed by atoms with Gasteiger partial charge in [0.05, 0.1) is 0 Å². The number of nitrogens with zero attached hydrogens (tertiary/aromatic N) is 2. The minimum atomic E-state index is 0. The van der Waals surface area contributed by atoms with Crippen molar-refractivity contribution in [3.63, 3.8) is 0 Å². The minimum Gasteiger partial charge on any atom is -0.305 e. The SMILES string of the molecule is [Ir].[c-]1ccc(-c2ccc(-c3cccc(-c4cccc(-c5ccccc5)c4)c3)cc2)cc1-c1ccccn1.[c-]1ccc(-c2cccc(-c3cccc(C4CCCCC4c4ccccc4)c3)c2)cc1-c1ccccn1. The molecule has 1 fully saturated rings. The first-order valence-electron chi connectivity index (χ1n) is 25.2. The van der Waals surface area contributed by atoms with Crippen molar-refractivity contribution >= 4 is 0 Å². The summed E-state index contributed by atoms with van der Waals surface area (Å²) < 4.78 is 0. The summed E-state index contributed by atoms with van der Waals surface area (Å²) in [5.41, 5.74) is 21.4. The van der Waals surface area contributed by atoms with Gasteiger partial charge in [0.15, 0.2) is 0 Å². The Morgan fingerprint density at radius 1 is 0.288 bits per heavy atom. The van der Waals surface area contributed by atoms with Gasteiger partial charge in [0, 0.05) is 32.5 Å². The molecule has 11 aromatic rings. The second-order valence-corrected chi connectivity index (χ2v) is 18.6. The summed E-state index contributed by atoms with van der Waals surface area (Å²) >= 11 is 0. The van der Waals surface area contributed by atoms with E-state index in [1.54, 1.807) is 0 Å². The summed E-state index contributed by atoms with van der Waals surface area (Å²) in [5.74, 6) is 1.18. The summed E-state index contributed by atoms with van der Waals surface area (Å²) in [6.45, 7) is 0.